The number of benzene rings is 1. The van der Waals surface area contributed by atoms with E-state index in [-0.39, 0.29) is 35.0 Å². The van der Waals surface area contributed by atoms with Gasteiger partial charge in [-0.15, -0.1) is 0 Å². The molecule has 1 fully saturated rings. The molecule has 4 rings (SSSR count). The molecule has 6 N–H and O–H groups in total. The molecule has 1 aromatic carbocycles. The number of carbonyl (C=O) groups excluding carboxylic acids is 1. The number of phosphoric acid groups is 1. The summed E-state index contributed by atoms with van der Waals surface area (Å²) < 4.78 is 54.3. The van der Waals surface area contributed by atoms with E-state index in [0.29, 0.717) is 0 Å². The molecule has 0 aliphatic carbocycles. The molecule has 3 aromatic rings. The van der Waals surface area contributed by atoms with Crippen molar-refractivity contribution in [3.05, 3.63) is 60.0 Å². The topological polar surface area (TPSA) is 236 Å². The normalized spacial score (nSPS) is 22.2. The molecule has 17 nitrogen and oxygen atoms in total. The van der Waals surface area contributed by atoms with Crippen LogP contribution in [0.1, 0.15) is 45.4 Å². The van der Waals surface area contributed by atoms with Crippen molar-refractivity contribution >= 4 is 27.1 Å². The van der Waals surface area contributed by atoms with Crippen LogP contribution in [0.15, 0.2) is 48.8 Å². The van der Waals surface area contributed by atoms with E-state index in [1.807, 2.05) is 13.8 Å². The number of nitrogens with zero attached hydrogens (tertiary/aromatic N) is 3. The fraction of sp³-hybridized carbons (Fsp3) is 0.519. The Morgan fingerprint density at radius 2 is 1.78 bits per heavy atom. The minimum Gasteiger partial charge on any atom is -0.464 e. The first kappa shape index (κ1) is 35.9. The third-order valence-corrected chi connectivity index (χ3v) is 9.53. The van der Waals surface area contributed by atoms with Crippen molar-refractivity contribution < 1.29 is 57.0 Å². The van der Waals surface area contributed by atoms with E-state index in [1.54, 1.807) is 30.3 Å². The first-order valence-corrected chi connectivity index (χ1v) is 17.6. The molecule has 1 aliphatic heterocycles. The molecule has 1 saturated heterocycles. The average molecular weight is 688 g/mol. The second-order valence-corrected chi connectivity index (χ2v) is 13.6. The second kappa shape index (κ2) is 15.3. The number of aliphatic hydroxyl groups is 2. The number of hydrogen-bond donors (Lipinski definition) is 6. The Bertz CT molecular complexity index is 1630. The van der Waals surface area contributed by atoms with Gasteiger partial charge in [0.25, 0.3) is 0 Å². The summed E-state index contributed by atoms with van der Waals surface area (Å²) in [5.41, 5.74) is 0.225. The summed E-state index contributed by atoms with van der Waals surface area (Å²) in [7, 11) is -9.09. The number of ether oxygens (including phenoxy) is 2. The number of phosphoric ester groups is 1. The third-order valence-electron chi connectivity index (χ3n) is 7.44. The van der Waals surface area contributed by atoms with Gasteiger partial charge in [-0.05, 0) is 37.1 Å². The molecule has 254 valence electrons. The van der Waals surface area contributed by atoms with Gasteiger partial charge in [-0.2, -0.15) is 10.2 Å². The van der Waals surface area contributed by atoms with Crippen LogP contribution in [0.4, 0.5) is 0 Å². The number of aromatic nitrogens is 3. The van der Waals surface area contributed by atoms with Gasteiger partial charge < -0.3 is 34.0 Å². The Balaban J connectivity index is 1.48. The first-order chi connectivity index (χ1) is 21.7. The summed E-state index contributed by atoms with van der Waals surface area (Å²) in [6, 6.07) is 10.0. The molecule has 3 heterocycles. The Hall–Kier alpha value is -2.95. The van der Waals surface area contributed by atoms with E-state index in [9.17, 15) is 24.1 Å². The monoisotopic (exact) mass is 687 g/mol. The van der Waals surface area contributed by atoms with Gasteiger partial charge in [0.05, 0.1) is 18.9 Å². The lowest BCUT2D eigenvalue weighted by molar-refractivity contribution is -0.146. The lowest BCUT2D eigenvalue weighted by Gasteiger charge is -2.25. The Labute approximate surface area is 264 Å². The molecule has 46 heavy (non-hydrogen) atoms. The zero-order valence-corrected chi connectivity index (χ0v) is 27.2. The molecule has 0 spiro atoms. The molecular formula is C27H39N5O12P2. The molecule has 1 aliphatic rings. The molecule has 0 amide bonds. The van der Waals surface area contributed by atoms with E-state index < -0.39 is 65.3 Å². The van der Waals surface area contributed by atoms with Crippen molar-refractivity contribution in [1.82, 2.24) is 19.3 Å². The number of para-hydroxylation sites is 1. The van der Waals surface area contributed by atoms with Gasteiger partial charge in [-0.25, -0.2) is 13.6 Å². The van der Waals surface area contributed by atoms with Gasteiger partial charge in [0.1, 0.15) is 54.8 Å². The van der Waals surface area contributed by atoms with Gasteiger partial charge in [0, 0.05) is 0 Å². The van der Waals surface area contributed by atoms with Gasteiger partial charge in [-0.1, -0.05) is 44.9 Å². The second-order valence-electron chi connectivity index (χ2n) is 10.7. The van der Waals surface area contributed by atoms with Crippen LogP contribution < -0.4 is 15.1 Å². The molecule has 6 atom stereocenters. The van der Waals surface area contributed by atoms with E-state index in [0.717, 1.165) is 23.7 Å². The highest BCUT2D eigenvalue weighted by molar-refractivity contribution is 7.52. The molecule has 19 heteroatoms. The number of esters is 1. The predicted octanol–water partition coefficient (Wildman–Crippen LogP) is 2.00. The molecular weight excluding hydrogens is 648 g/mol. The Kier molecular flexibility index (Phi) is 11.9. The van der Waals surface area contributed by atoms with Crippen LogP contribution in [-0.2, 0) is 39.2 Å². The maximum atomic E-state index is 13.9. The van der Waals surface area contributed by atoms with Crippen molar-refractivity contribution in [2.24, 2.45) is 5.92 Å². The molecule has 0 unspecified atom stereocenters. The fourth-order valence-electron chi connectivity index (χ4n) is 4.67. The van der Waals surface area contributed by atoms with Crippen molar-refractivity contribution in [2.45, 2.75) is 70.8 Å². The van der Waals surface area contributed by atoms with Crippen LogP contribution in [0, 0.1) is 11.3 Å². The lowest BCUT2D eigenvalue weighted by atomic mass is 10.1. The summed E-state index contributed by atoms with van der Waals surface area (Å²) in [6.45, 7) is 4.48. The van der Waals surface area contributed by atoms with E-state index >= 15 is 0 Å². The van der Waals surface area contributed by atoms with Crippen LogP contribution in [0.3, 0.4) is 0 Å². The summed E-state index contributed by atoms with van der Waals surface area (Å²) in [5, 5.41) is 36.8. The third kappa shape index (κ3) is 8.89. The summed E-state index contributed by atoms with van der Waals surface area (Å²) in [6.07, 6.45) is -2.62. The number of fused-ring (bicyclic) bond motifs is 1. The number of hydrogen-bond acceptors (Lipinski definition) is 12. The molecule has 0 saturated carbocycles. The summed E-state index contributed by atoms with van der Waals surface area (Å²) in [4.78, 5) is 30.6. The Morgan fingerprint density at radius 1 is 1.09 bits per heavy atom. The quantitative estimate of drug-likeness (QED) is 0.0934. The van der Waals surface area contributed by atoms with Crippen molar-refractivity contribution in [2.75, 3.05) is 13.2 Å². The number of carbonyl (C=O) groups is 1. The fourth-order valence-corrected chi connectivity index (χ4v) is 6.45. The maximum Gasteiger partial charge on any atom is 0.471 e. The lowest BCUT2D eigenvalue weighted by Crippen LogP contribution is -2.37. The van der Waals surface area contributed by atoms with Crippen molar-refractivity contribution in [3.8, 4) is 5.75 Å². The van der Waals surface area contributed by atoms with Crippen LogP contribution in [-0.4, -0.2) is 77.7 Å². The molecule has 0 bridgehead atoms. The standard InChI is InChI=1S/C27H39N5O12P2/c1-4-18(5-2)13-40-27(35)17(3)30-45(36,44-19-9-7-6-8-10-19)41-14-22-23(33)24(34)25(43-22)20-11-12-21-26(28)31(15-29-32(20)21)16-42-46(37,38)39/h6-12,15,17-18,22-25,28,33-34H,4-5,13-14,16H2,1-3H3,(H,30,36)(H2,37,38,39)/t17-,22+,23+,24+,25-,45-/m0/s1. The zero-order chi connectivity index (χ0) is 33.6. The minimum absolute atomic E-state index is 0.182. The SMILES string of the molecule is CCC(CC)COC(=O)[C@H](C)N[P@](=O)(OC[C@H]1O[C@@H](c2ccc3c(=N)n(COP(=O)(O)O)cnn23)[C@H](O)[C@@H]1O)Oc1ccccc1. The molecule has 2 aromatic heterocycles. The van der Waals surface area contributed by atoms with E-state index in [2.05, 4.69) is 14.7 Å². The van der Waals surface area contributed by atoms with Gasteiger partial charge in [0.2, 0.25) is 0 Å². The maximum absolute atomic E-state index is 13.9. The average Bonchev–Trinajstić information content (AvgIpc) is 3.56. The smallest absolute Gasteiger partial charge is 0.464 e. The van der Waals surface area contributed by atoms with Crippen molar-refractivity contribution in [1.29, 1.82) is 5.41 Å². The van der Waals surface area contributed by atoms with Gasteiger partial charge in [0.15, 0.2) is 5.49 Å². The van der Waals surface area contributed by atoms with Crippen molar-refractivity contribution in [3.63, 3.8) is 0 Å². The van der Waals surface area contributed by atoms with E-state index in [4.69, 9.17) is 33.7 Å². The number of nitrogens with one attached hydrogen (secondary N) is 2. The molecule has 0 radical (unpaired) electrons. The summed E-state index contributed by atoms with van der Waals surface area (Å²) in [5.74, 6) is -0.290. The first-order valence-electron chi connectivity index (χ1n) is 14.5. The number of aliphatic hydroxyl groups excluding tert-OH is 2. The largest absolute Gasteiger partial charge is 0.471 e. The van der Waals surface area contributed by atoms with E-state index in [1.165, 1.54) is 23.6 Å². The van der Waals surface area contributed by atoms with Crippen LogP contribution >= 0.6 is 15.6 Å². The Morgan fingerprint density at radius 3 is 2.43 bits per heavy atom. The number of rotatable bonds is 16. The zero-order valence-electron chi connectivity index (χ0n) is 25.4. The van der Waals surface area contributed by atoms with Crippen LogP contribution in [0.5, 0.6) is 5.75 Å². The van der Waals surface area contributed by atoms with Gasteiger partial charge in [-0.3, -0.25) is 23.8 Å². The highest BCUT2D eigenvalue weighted by Gasteiger charge is 2.46. The summed E-state index contributed by atoms with van der Waals surface area (Å²) >= 11 is 0. The highest BCUT2D eigenvalue weighted by atomic mass is 31.2. The van der Waals surface area contributed by atoms with Gasteiger partial charge >= 0.3 is 21.5 Å². The predicted molar refractivity (Wildman–Crippen MR) is 160 cm³/mol. The highest BCUT2D eigenvalue weighted by Crippen LogP contribution is 2.46. The van der Waals surface area contributed by atoms with Crippen LogP contribution in [0.25, 0.3) is 5.52 Å². The van der Waals surface area contributed by atoms with Crippen LogP contribution in [0.2, 0.25) is 0 Å². The minimum atomic E-state index is -4.79.